The molecule has 0 atom stereocenters. The van der Waals surface area contributed by atoms with Crippen molar-refractivity contribution in [1.29, 1.82) is 0 Å². The molecule has 4 nitrogen and oxygen atoms in total. The van der Waals surface area contributed by atoms with Crippen LogP contribution in [0.5, 0.6) is 0 Å². The number of benzene rings is 1. The van der Waals surface area contributed by atoms with Gasteiger partial charge in [0.2, 0.25) is 0 Å². The number of thiazole rings is 1. The average molecular weight is 262 g/mol. The van der Waals surface area contributed by atoms with E-state index in [2.05, 4.69) is 9.72 Å². The Labute approximate surface area is 110 Å². The molecule has 1 heterocycles. The topological polar surface area (TPSA) is 42.4 Å². The van der Waals surface area contributed by atoms with Gasteiger partial charge in [-0.25, -0.2) is 9.78 Å². The molecule has 1 aromatic carbocycles. The maximum atomic E-state index is 11.4. The summed E-state index contributed by atoms with van der Waals surface area (Å²) in [5, 5.41) is 0.763. The van der Waals surface area contributed by atoms with Crippen LogP contribution in [0.4, 0.5) is 10.8 Å². The molecule has 1 aromatic heterocycles. The van der Waals surface area contributed by atoms with E-state index in [4.69, 9.17) is 0 Å². The second-order valence-electron chi connectivity index (χ2n) is 3.89. The standard InChI is InChI=1S/C13H14N2O2S/c1-9-4-6-10(7-5-9)15(2)13-14-8-11(18-13)12(16)17-3/h4-8H,1-3H3. The van der Waals surface area contributed by atoms with Crippen molar-refractivity contribution in [1.82, 2.24) is 4.98 Å². The van der Waals surface area contributed by atoms with Gasteiger partial charge in [0.05, 0.1) is 13.3 Å². The molecule has 0 aliphatic heterocycles. The molecule has 2 aromatic rings. The lowest BCUT2D eigenvalue weighted by atomic mass is 10.2. The van der Waals surface area contributed by atoms with E-state index in [1.54, 1.807) is 0 Å². The minimum absolute atomic E-state index is 0.351. The summed E-state index contributed by atoms with van der Waals surface area (Å²) in [6.45, 7) is 2.04. The minimum Gasteiger partial charge on any atom is -0.465 e. The molecule has 0 aliphatic carbocycles. The van der Waals surface area contributed by atoms with Crippen molar-refractivity contribution in [2.45, 2.75) is 6.92 Å². The van der Waals surface area contributed by atoms with Crippen molar-refractivity contribution in [2.75, 3.05) is 19.1 Å². The van der Waals surface area contributed by atoms with Gasteiger partial charge in [-0.2, -0.15) is 0 Å². The van der Waals surface area contributed by atoms with Gasteiger partial charge in [0.25, 0.3) is 0 Å². The number of methoxy groups -OCH3 is 1. The van der Waals surface area contributed by atoms with E-state index in [9.17, 15) is 4.79 Å². The monoisotopic (exact) mass is 262 g/mol. The predicted octanol–water partition coefficient (Wildman–Crippen LogP) is 3.01. The fourth-order valence-corrected chi connectivity index (χ4v) is 2.31. The summed E-state index contributed by atoms with van der Waals surface area (Å²) in [5.41, 5.74) is 2.24. The smallest absolute Gasteiger partial charge is 0.349 e. The summed E-state index contributed by atoms with van der Waals surface area (Å²) >= 11 is 1.31. The van der Waals surface area contributed by atoms with E-state index >= 15 is 0 Å². The maximum absolute atomic E-state index is 11.4. The highest BCUT2D eigenvalue weighted by Crippen LogP contribution is 2.28. The first kappa shape index (κ1) is 12.6. The SMILES string of the molecule is COC(=O)c1cnc(N(C)c2ccc(C)cc2)s1. The Bertz CT molecular complexity index is 548. The van der Waals surface area contributed by atoms with Crippen LogP contribution in [0.3, 0.4) is 0 Å². The van der Waals surface area contributed by atoms with Gasteiger partial charge in [0.1, 0.15) is 4.88 Å². The molecule has 0 N–H and O–H groups in total. The molecule has 0 saturated carbocycles. The zero-order chi connectivity index (χ0) is 13.1. The van der Waals surface area contributed by atoms with E-state index < -0.39 is 0 Å². The van der Waals surface area contributed by atoms with Gasteiger partial charge in [0, 0.05) is 12.7 Å². The largest absolute Gasteiger partial charge is 0.465 e. The molecular formula is C13H14N2O2S. The highest BCUT2D eigenvalue weighted by molar-refractivity contribution is 7.17. The number of carbonyl (C=O) groups is 1. The van der Waals surface area contributed by atoms with Gasteiger partial charge in [-0.05, 0) is 19.1 Å². The fraction of sp³-hybridized carbons (Fsp3) is 0.231. The second-order valence-corrected chi connectivity index (χ2v) is 4.90. The number of ether oxygens (including phenoxy) is 1. The van der Waals surface area contributed by atoms with Crippen molar-refractivity contribution in [3.63, 3.8) is 0 Å². The molecule has 0 bridgehead atoms. The van der Waals surface area contributed by atoms with Crippen LogP contribution in [0.15, 0.2) is 30.5 Å². The number of aryl methyl sites for hydroxylation is 1. The Morgan fingerprint density at radius 2 is 2.00 bits per heavy atom. The van der Waals surface area contributed by atoms with Crippen molar-refractivity contribution >= 4 is 28.1 Å². The average Bonchev–Trinajstić information content (AvgIpc) is 2.87. The van der Waals surface area contributed by atoms with E-state index in [1.807, 2.05) is 43.1 Å². The highest BCUT2D eigenvalue weighted by atomic mass is 32.1. The summed E-state index contributed by atoms with van der Waals surface area (Å²) in [5.74, 6) is -0.351. The third-order valence-corrected chi connectivity index (χ3v) is 3.64. The summed E-state index contributed by atoms with van der Waals surface area (Å²) < 4.78 is 4.66. The first-order valence-electron chi connectivity index (χ1n) is 5.46. The molecule has 18 heavy (non-hydrogen) atoms. The van der Waals surface area contributed by atoms with Gasteiger partial charge in [-0.15, -0.1) is 0 Å². The number of carbonyl (C=O) groups excluding carboxylic acids is 1. The van der Waals surface area contributed by atoms with Crippen LogP contribution in [-0.4, -0.2) is 25.1 Å². The van der Waals surface area contributed by atoms with Crippen molar-refractivity contribution in [3.8, 4) is 0 Å². The van der Waals surface area contributed by atoms with Crippen LogP contribution in [0, 0.1) is 6.92 Å². The Balaban J connectivity index is 2.23. The third kappa shape index (κ3) is 2.51. The molecule has 0 amide bonds. The minimum atomic E-state index is -0.351. The fourth-order valence-electron chi connectivity index (χ4n) is 1.49. The van der Waals surface area contributed by atoms with Gasteiger partial charge in [0.15, 0.2) is 5.13 Å². The first-order chi connectivity index (χ1) is 8.61. The summed E-state index contributed by atoms with van der Waals surface area (Å²) in [7, 11) is 3.29. The molecule has 0 fully saturated rings. The molecule has 0 aliphatic rings. The molecule has 2 rings (SSSR count). The van der Waals surface area contributed by atoms with Crippen LogP contribution in [-0.2, 0) is 4.74 Å². The number of nitrogens with zero attached hydrogens (tertiary/aromatic N) is 2. The van der Waals surface area contributed by atoms with Gasteiger partial charge >= 0.3 is 5.97 Å². The Morgan fingerprint density at radius 3 is 2.61 bits per heavy atom. The second kappa shape index (κ2) is 5.18. The van der Waals surface area contributed by atoms with E-state index in [1.165, 1.54) is 30.2 Å². The molecule has 0 saturated heterocycles. The normalized spacial score (nSPS) is 10.2. The van der Waals surface area contributed by atoms with Crippen molar-refractivity contribution in [3.05, 3.63) is 40.9 Å². The number of esters is 1. The summed E-state index contributed by atoms with van der Waals surface area (Å²) in [6.07, 6.45) is 1.54. The van der Waals surface area contributed by atoms with E-state index in [0.717, 1.165) is 10.8 Å². The lowest BCUT2D eigenvalue weighted by Gasteiger charge is -2.15. The quantitative estimate of drug-likeness (QED) is 0.797. The molecular weight excluding hydrogens is 248 g/mol. The van der Waals surface area contributed by atoms with Gasteiger partial charge in [-0.3, -0.25) is 0 Å². The lowest BCUT2D eigenvalue weighted by Crippen LogP contribution is -2.08. The van der Waals surface area contributed by atoms with Crippen molar-refractivity contribution < 1.29 is 9.53 Å². The molecule has 94 valence electrons. The van der Waals surface area contributed by atoms with Crippen LogP contribution in [0.2, 0.25) is 0 Å². The zero-order valence-corrected chi connectivity index (χ0v) is 11.3. The molecule has 0 unspecified atom stereocenters. The summed E-state index contributed by atoms with van der Waals surface area (Å²) in [6, 6.07) is 8.13. The number of anilines is 2. The molecule has 0 radical (unpaired) electrons. The maximum Gasteiger partial charge on any atom is 0.349 e. The van der Waals surface area contributed by atoms with Crippen LogP contribution in [0.1, 0.15) is 15.2 Å². The van der Waals surface area contributed by atoms with Gasteiger partial charge in [-0.1, -0.05) is 29.0 Å². The molecule has 0 spiro atoms. The van der Waals surface area contributed by atoms with Crippen molar-refractivity contribution in [2.24, 2.45) is 0 Å². The van der Waals surface area contributed by atoms with Crippen LogP contribution < -0.4 is 4.90 Å². The Morgan fingerprint density at radius 1 is 1.33 bits per heavy atom. The first-order valence-corrected chi connectivity index (χ1v) is 6.28. The van der Waals surface area contributed by atoms with Crippen LogP contribution >= 0.6 is 11.3 Å². The Kier molecular flexibility index (Phi) is 3.62. The zero-order valence-electron chi connectivity index (χ0n) is 10.5. The third-order valence-electron chi connectivity index (χ3n) is 2.59. The Hall–Kier alpha value is -1.88. The molecule has 5 heteroatoms. The predicted molar refractivity (Wildman–Crippen MR) is 72.7 cm³/mol. The van der Waals surface area contributed by atoms with Gasteiger partial charge < -0.3 is 9.64 Å². The number of rotatable bonds is 3. The van der Waals surface area contributed by atoms with E-state index in [0.29, 0.717) is 4.88 Å². The number of aromatic nitrogens is 1. The highest BCUT2D eigenvalue weighted by Gasteiger charge is 2.13. The number of hydrogen-bond acceptors (Lipinski definition) is 5. The number of hydrogen-bond donors (Lipinski definition) is 0. The summed E-state index contributed by atoms with van der Waals surface area (Å²) in [4.78, 5) is 18.0. The lowest BCUT2D eigenvalue weighted by molar-refractivity contribution is 0.0606. The van der Waals surface area contributed by atoms with Crippen LogP contribution in [0.25, 0.3) is 0 Å². The van der Waals surface area contributed by atoms with E-state index in [-0.39, 0.29) is 5.97 Å².